The summed E-state index contributed by atoms with van der Waals surface area (Å²) in [5.41, 5.74) is 0.274. The molecule has 0 bridgehead atoms. The van der Waals surface area contributed by atoms with Gasteiger partial charge in [0.2, 0.25) is 5.91 Å². The molecule has 3 rings (SSSR count). The van der Waals surface area contributed by atoms with Crippen LogP contribution in [0.1, 0.15) is 50.6 Å². The van der Waals surface area contributed by atoms with Crippen molar-refractivity contribution in [2.45, 2.75) is 56.7 Å². The van der Waals surface area contributed by atoms with Crippen molar-refractivity contribution in [3.63, 3.8) is 0 Å². The van der Waals surface area contributed by atoms with Crippen LogP contribution in [0.2, 0.25) is 0 Å². The van der Waals surface area contributed by atoms with E-state index in [9.17, 15) is 13.2 Å². The van der Waals surface area contributed by atoms with E-state index in [2.05, 4.69) is 5.32 Å². The van der Waals surface area contributed by atoms with Crippen LogP contribution < -0.4 is 10.1 Å². The predicted octanol–water partition coefficient (Wildman–Crippen LogP) is 2.07. The molecule has 7 nitrogen and oxygen atoms in total. The molecular weight excluding hydrogens is 366 g/mol. The van der Waals surface area contributed by atoms with Crippen molar-refractivity contribution in [3.05, 3.63) is 29.8 Å². The van der Waals surface area contributed by atoms with Crippen LogP contribution in [0.15, 0.2) is 24.3 Å². The quantitative estimate of drug-likeness (QED) is 0.846. The Morgan fingerprint density at radius 3 is 2.70 bits per heavy atom. The molecule has 2 fully saturated rings. The summed E-state index contributed by atoms with van der Waals surface area (Å²) in [4.78, 5) is 12.3. The zero-order chi connectivity index (χ0) is 19.8. The maximum atomic E-state index is 13.3. The van der Waals surface area contributed by atoms with Gasteiger partial charge in [0.05, 0.1) is 18.7 Å². The second kappa shape index (κ2) is 7.41. The number of nitrogens with one attached hydrogen (secondary N) is 1. The van der Waals surface area contributed by atoms with Crippen LogP contribution in [0, 0.1) is 0 Å². The number of fused-ring (bicyclic) bond motifs is 1. The maximum absolute atomic E-state index is 13.3. The summed E-state index contributed by atoms with van der Waals surface area (Å²) in [6, 6.07) is 6.88. The second-order valence-electron chi connectivity index (χ2n) is 7.84. The minimum atomic E-state index is -3.67. The summed E-state index contributed by atoms with van der Waals surface area (Å²) in [5, 5.41) is 3.13. The van der Waals surface area contributed by atoms with Gasteiger partial charge < -0.3 is 10.1 Å². The van der Waals surface area contributed by atoms with E-state index in [1.807, 2.05) is 31.2 Å². The van der Waals surface area contributed by atoms with Gasteiger partial charge in [-0.15, -0.1) is 0 Å². The lowest BCUT2D eigenvalue weighted by Gasteiger charge is -2.38. The summed E-state index contributed by atoms with van der Waals surface area (Å²) in [6.07, 6.45) is 3.36. The number of amides is 1. The van der Waals surface area contributed by atoms with Crippen LogP contribution in [0.5, 0.6) is 5.75 Å². The molecule has 2 saturated heterocycles. The van der Waals surface area contributed by atoms with Crippen LogP contribution in [-0.2, 0) is 15.0 Å². The summed E-state index contributed by atoms with van der Waals surface area (Å²) >= 11 is 0. The number of methoxy groups -OCH3 is 1. The van der Waals surface area contributed by atoms with Gasteiger partial charge in [0.15, 0.2) is 0 Å². The zero-order valence-electron chi connectivity index (χ0n) is 16.4. The van der Waals surface area contributed by atoms with Gasteiger partial charge in [0.1, 0.15) is 5.75 Å². The third kappa shape index (κ3) is 3.70. The lowest BCUT2D eigenvalue weighted by atomic mass is 9.85. The van der Waals surface area contributed by atoms with Crippen LogP contribution in [0.25, 0.3) is 0 Å². The van der Waals surface area contributed by atoms with Crippen molar-refractivity contribution >= 4 is 16.1 Å². The van der Waals surface area contributed by atoms with Crippen LogP contribution in [-0.4, -0.2) is 55.7 Å². The Bertz CT molecular complexity index is 811. The minimum absolute atomic E-state index is 0.00399. The van der Waals surface area contributed by atoms with Crippen molar-refractivity contribution in [2.24, 2.45) is 0 Å². The highest BCUT2D eigenvalue weighted by molar-refractivity contribution is 7.86. The molecule has 0 aromatic heterocycles. The van der Waals surface area contributed by atoms with Gasteiger partial charge in [-0.2, -0.15) is 17.0 Å². The first-order valence-electron chi connectivity index (χ1n) is 9.35. The van der Waals surface area contributed by atoms with Gasteiger partial charge in [-0.25, -0.2) is 0 Å². The molecule has 2 aliphatic heterocycles. The molecule has 0 aliphatic carbocycles. The number of carbonyl (C=O) groups excluding carboxylic acids is 1. The van der Waals surface area contributed by atoms with Gasteiger partial charge in [0.25, 0.3) is 10.2 Å². The Labute approximate surface area is 161 Å². The van der Waals surface area contributed by atoms with Crippen LogP contribution in [0.4, 0.5) is 0 Å². The Morgan fingerprint density at radius 2 is 2.04 bits per heavy atom. The maximum Gasteiger partial charge on any atom is 0.282 e. The largest absolute Gasteiger partial charge is 0.497 e. The molecule has 2 aliphatic rings. The fourth-order valence-electron chi connectivity index (χ4n) is 4.33. The van der Waals surface area contributed by atoms with E-state index in [-0.39, 0.29) is 18.0 Å². The van der Waals surface area contributed by atoms with Crippen molar-refractivity contribution in [2.75, 3.05) is 21.2 Å². The molecule has 1 N–H and O–H groups in total. The number of hydrogen-bond acceptors (Lipinski definition) is 4. The number of hydrogen-bond donors (Lipinski definition) is 1. The Balaban J connectivity index is 2.11. The minimum Gasteiger partial charge on any atom is -0.497 e. The Hall–Kier alpha value is -1.64. The Morgan fingerprint density at radius 1 is 1.30 bits per heavy atom. The summed E-state index contributed by atoms with van der Waals surface area (Å²) in [5.74, 6) is 0.684. The van der Waals surface area contributed by atoms with E-state index in [4.69, 9.17) is 4.74 Å². The summed E-state index contributed by atoms with van der Waals surface area (Å²) in [6.45, 7) is 1.97. The number of carbonyl (C=O) groups is 1. The predicted molar refractivity (Wildman–Crippen MR) is 104 cm³/mol. The SMILES string of the molecule is COc1cccc([C@@H]2C[C@]3(C)NC(=O)CCCC[C@@H]3N2S(=O)(=O)N(C)C)c1. The monoisotopic (exact) mass is 395 g/mol. The van der Waals surface area contributed by atoms with E-state index in [1.165, 1.54) is 4.31 Å². The summed E-state index contributed by atoms with van der Waals surface area (Å²) < 4.78 is 34.7. The Kier molecular flexibility index (Phi) is 5.52. The highest BCUT2D eigenvalue weighted by atomic mass is 32.2. The number of rotatable bonds is 4. The molecular formula is C19H29N3O4S. The molecule has 1 aromatic carbocycles. The van der Waals surface area contributed by atoms with Gasteiger partial charge in [-0.3, -0.25) is 4.79 Å². The molecule has 1 aromatic rings. The average Bonchev–Trinajstić information content (AvgIpc) is 2.89. The van der Waals surface area contributed by atoms with Gasteiger partial charge in [0, 0.05) is 26.6 Å². The molecule has 3 atom stereocenters. The number of benzene rings is 1. The highest BCUT2D eigenvalue weighted by Gasteiger charge is 2.55. The topological polar surface area (TPSA) is 79.0 Å². The number of nitrogens with zero attached hydrogens (tertiary/aromatic N) is 2. The van der Waals surface area contributed by atoms with Crippen molar-refractivity contribution in [1.82, 2.24) is 13.9 Å². The molecule has 0 unspecified atom stereocenters. The first kappa shape index (κ1) is 20.1. The highest BCUT2D eigenvalue weighted by Crippen LogP contribution is 2.47. The first-order chi connectivity index (χ1) is 12.7. The lowest BCUT2D eigenvalue weighted by Crippen LogP contribution is -2.57. The van der Waals surface area contributed by atoms with E-state index < -0.39 is 15.7 Å². The fraction of sp³-hybridized carbons (Fsp3) is 0.632. The van der Waals surface area contributed by atoms with Gasteiger partial charge in [-0.05, 0) is 43.9 Å². The normalized spacial score (nSPS) is 29.7. The molecule has 27 heavy (non-hydrogen) atoms. The molecule has 8 heteroatoms. The van der Waals surface area contributed by atoms with Crippen LogP contribution >= 0.6 is 0 Å². The number of ether oxygens (including phenoxy) is 1. The molecule has 0 radical (unpaired) electrons. The zero-order valence-corrected chi connectivity index (χ0v) is 17.3. The standard InChI is InChI=1S/C19H29N3O4S/c1-19-13-16(14-8-7-9-15(12-14)26-4)22(27(24,25)21(2)3)17(19)10-5-6-11-18(23)20-19/h7-9,12,16-17H,5-6,10-11,13H2,1-4H3,(H,20,23)/t16-,17-,19-/m0/s1. The van der Waals surface area contributed by atoms with Crippen molar-refractivity contribution in [3.8, 4) is 5.75 Å². The molecule has 2 heterocycles. The third-order valence-electron chi connectivity index (χ3n) is 5.73. The van der Waals surface area contributed by atoms with E-state index in [0.29, 0.717) is 18.6 Å². The molecule has 0 spiro atoms. The second-order valence-corrected chi connectivity index (χ2v) is 9.89. The van der Waals surface area contributed by atoms with Crippen LogP contribution in [0.3, 0.4) is 0 Å². The average molecular weight is 396 g/mol. The smallest absolute Gasteiger partial charge is 0.282 e. The first-order valence-corrected chi connectivity index (χ1v) is 10.7. The molecule has 0 saturated carbocycles. The van der Waals surface area contributed by atoms with Crippen molar-refractivity contribution in [1.29, 1.82) is 0 Å². The van der Waals surface area contributed by atoms with Gasteiger partial charge in [-0.1, -0.05) is 18.6 Å². The molecule has 1 amide bonds. The van der Waals surface area contributed by atoms with Crippen molar-refractivity contribution < 1.29 is 17.9 Å². The third-order valence-corrected chi connectivity index (χ3v) is 7.69. The fourth-order valence-corrected chi connectivity index (χ4v) is 5.89. The van der Waals surface area contributed by atoms with E-state index in [1.54, 1.807) is 25.5 Å². The lowest BCUT2D eigenvalue weighted by molar-refractivity contribution is -0.123. The summed E-state index contributed by atoms with van der Waals surface area (Å²) in [7, 11) is 1.02. The van der Waals surface area contributed by atoms with E-state index in [0.717, 1.165) is 24.8 Å². The molecule has 150 valence electrons. The van der Waals surface area contributed by atoms with Gasteiger partial charge >= 0.3 is 0 Å². The van der Waals surface area contributed by atoms with E-state index >= 15 is 0 Å².